The second-order valence-electron chi connectivity index (χ2n) is 8.80. The summed E-state index contributed by atoms with van der Waals surface area (Å²) in [5.74, 6) is 0.828. The van der Waals surface area contributed by atoms with Gasteiger partial charge in [-0.05, 0) is 49.0 Å². The van der Waals surface area contributed by atoms with Crippen LogP contribution in [0.3, 0.4) is 0 Å². The Bertz CT molecular complexity index is 1280. The van der Waals surface area contributed by atoms with Crippen LogP contribution in [0, 0.1) is 0 Å². The van der Waals surface area contributed by atoms with E-state index in [0.717, 1.165) is 35.0 Å². The Balaban J connectivity index is 1.97. The molecule has 2 unspecified atom stereocenters. The fraction of sp³-hybridized carbons (Fsp3) is 0.258. The second kappa shape index (κ2) is 10.3. The van der Waals surface area contributed by atoms with Crippen LogP contribution < -0.4 is 4.74 Å². The van der Waals surface area contributed by atoms with Gasteiger partial charge in [0.25, 0.3) is 0 Å². The predicted octanol–water partition coefficient (Wildman–Crippen LogP) is 6.77. The lowest BCUT2D eigenvalue weighted by atomic mass is 9.77. The third-order valence-electron chi connectivity index (χ3n) is 6.81. The molecule has 2 heterocycles. The van der Waals surface area contributed by atoms with Crippen molar-refractivity contribution in [2.45, 2.75) is 38.8 Å². The Morgan fingerprint density at radius 3 is 2.66 bits per heavy atom. The molecule has 0 bridgehead atoms. The van der Waals surface area contributed by atoms with E-state index in [2.05, 4.69) is 51.0 Å². The first-order valence-electron chi connectivity index (χ1n) is 12.2. The molecule has 0 fully saturated rings. The Kier molecular flexibility index (Phi) is 7.23. The number of nitrogens with zero attached hydrogens (tertiary/aromatic N) is 1. The molecule has 2 aliphatic rings. The molecule has 2 aromatic rings. The first kappa shape index (κ1) is 24.5. The number of carbonyl (C=O) groups excluding carboxylic acids is 1. The van der Waals surface area contributed by atoms with Gasteiger partial charge >= 0.3 is 5.97 Å². The molecule has 2 aromatic carbocycles. The number of rotatable bonds is 6. The summed E-state index contributed by atoms with van der Waals surface area (Å²) >= 11 is 0. The number of hydrogen-bond acceptors (Lipinski definition) is 4. The number of ether oxygens (including phenoxy) is 2. The van der Waals surface area contributed by atoms with Gasteiger partial charge in [0.15, 0.2) is 5.60 Å². The maximum Gasteiger partial charge on any atom is 0.338 e. The minimum Gasteiger partial charge on any atom is -0.456 e. The molecule has 2 aliphatic heterocycles. The summed E-state index contributed by atoms with van der Waals surface area (Å²) in [5, 5.41) is 2.02. The van der Waals surface area contributed by atoms with E-state index >= 15 is 0 Å². The van der Waals surface area contributed by atoms with Crippen LogP contribution in [-0.4, -0.2) is 30.0 Å². The van der Waals surface area contributed by atoms with Crippen molar-refractivity contribution < 1.29 is 14.3 Å². The first-order valence-corrected chi connectivity index (χ1v) is 12.2. The van der Waals surface area contributed by atoms with Gasteiger partial charge in [-0.1, -0.05) is 87.7 Å². The van der Waals surface area contributed by atoms with Gasteiger partial charge in [-0.15, -0.1) is 0 Å². The lowest BCUT2D eigenvalue weighted by molar-refractivity contribution is -0.151. The molecule has 1 spiro atoms. The zero-order valence-corrected chi connectivity index (χ0v) is 20.8. The van der Waals surface area contributed by atoms with E-state index in [4.69, 9.17) is 9.47 Å². The van der Waals surface area contributed by atoms with Crippen LogP contribution in [0.5, 0.6) is 5.75 Å². The number of hydrogen-bond donors (Lipinski definition) is 0. The van der Waals surface area contributed by atoms with Crippen LogP contribution in [0.15, 0.2) is 109 Å². The van der Waals surface area contributed by atoms with Crippen molar-refractivity contribution >= 4 is 16.7 Å². The zero-order chi connectivity index (χ0) is 25.0. The third kappa shape index (κ3) is 4.54. The largest absolute Gasteiger partial charge is 0.456 e. The number of esters is 1. The fourth-order valence-corrected chi connectivity index (χ4v) is 4.93. The Labute approximate surface area is 208 Å². The number of benzene rings is 2. The molecule has 0 saturated heterocycles. The number of fused-ring (bicyclic) bond motifs is 4. The minimum absolute atomic E-state index is 0.216. The molecular weight excluding hydrogens is 434 g/mol. The molecule has 0 aliphatic carbocycles. The molecule has 2 atom stereocenters. The molecule has 0 radical (unpaired) electrons. The third-order valence-corrected chi connectivity index (χ3v) is 6.81. The summed E-state index contributed by atoms with van der Waals surface area (Å²) in [5.41, 5.74) is 0.723. The average Bonchev–Trinajstić information content (AvgIpc) is 2.93. The van der Waals surface area contributed by atoms with Crippen molar-refractivity contribution in [3.63, 3.8) is 0 Å². The highest BCUT2D eigenvalue weighted by molar-refractivity contribution is 5.94. The van der Waals surface area contributed by atoms with E-state index in [1.807, 2.05) is 54.6 Å². The number of allylic oxidation sites excluding steroid dienone is 3. The molecule has 0 amide bonds. The standard InChI is InChI=1S/C31H33NO3/c1-6-26-27(19-17-23(5)32(7-2)8-3)34-28-20-18-24-15-11-12-16-25(24)29(28)31(26)21-13-9-10-14-22(4)30(33)35-31/h6,9-20,23H,1,4,7-8,21H2,2-3,5H3/b13-9-,14-10-,19-17-. The summed E-state index contributed by atoms with van der Waals surface area (Å²) < 4.78 is 12.9. The smallest absolute Gasteiger partial charge is 0.338 e. The lowest BCUT2D eigenvalue weighted by Crippen LogP contribution is -2.38. The summed E-state index contributed by atoms with van der Waals surface area (Å²) in [4.78, 5) is 15.6. The van der Waals surface area contributed by atoms with Crippen LogP contribution in [0.1, 0.15) is 32.8 Å². The van der Waals surface area contributed by atoms with Crippen molar-refractivity contribution in [2.24, 2.45) is 0 Å². The quantitative estimate of drug-likeness (QED) is 0.347. The molecule has 0 N–H and O–H groups in total. The maximum absolute atomic E-state index is 13.2. The van der Waals surface area contributed by atoms with Crippen molar-refractivity contribution in [3.05, 3.63) is 115 Å². The minimum atomic E-state index is -1.11. The second-order valence-corrected chi connectivity index (χ2v) is 8.80. The lowest BCUT2D eigenvalue weighted by Gasteiger charge is -2.40. The summed E-state index contributed by atoms with van der Waals surface area (Å²) in [6.07, 6.45) is 13.7. The maximum atomic E-state index is 13.2. The van der Waals surface area contributed by atoms with Gasteiger partial charge in [-0.25, -0.2) is 4.79 Å². The molecule has 0 aromatic heterocycles. The van der Waals surface area contributed by atoms with Gasteiger partial charge in [-0.3, -0.25) is 4.90 Å². The van der Waals surface area contributed by atoms with E-state index in [1.54, 1.807) is 12.2 Å². The number of carbonyl (C=O) groups is 1. The Morgan fingerprint density at radius 1 is 1.14 bits per heavy atom. The molecule has 4 rings (SSSR count). The van der Waals surface area contributed by atoms with E-state index < -0.39 is 11.6 Å². The van der Waals surface area contributed by atoms with E-state index in [9.17, 15) is 4.79 Å². The SMILES string of the molecule is C=CC1=C(/C=C\C(C)N(CC)CC)Oc2ccc3ccccc3c2C12C/C=C\C=C/C(=C)C(=O)O2. The van der Waals surface area contributed by atoms with Crippen LogP contribution >= 0.6 is 0 Å². The highest BCUT2D eigenvalue weighted by Crippen LogP contribution is 2.51. The zero-order valence-electron chi connectivity index (χ0n) is 20.8. The van der Waals surface area contributed by atoms with E-state index in [-0.39, 0.29) is 6.04 Å². The van der Waals surface area contributed by atoms with Gasteiger partial charge in [0, 0.05) is 18.0 Å². The van der Waals surface area contributed by atoms with Gasteiger partial charge in [0.1, 0.15) is 11.5 Å². The molecular formula is C31H33NO3. The molecule has 0 saturated carbocycles. The van der Waals surface area contributed by atoms with Gasteiger partial charge in [0.2, 0.25) is 0 Å². The van der Waals surface area contributed by atoms with Crippen LogP contribution in [-0.2, 0) is 15.1 Å². The number of likely N-dealkylation sites (N-methyl/N-ethyl adjacent to an activating group) is 1. The normalized spacial score (nSPS) is 22.9. The summed E-state index contributed by atoms with van der Waals surface area (Å²) in [7, 11) is 0. The van der Waals surface area contributed by atoms with Gasteiger partial charge < -0.3 is 9.47 Å². The molecule has 180 valence electrons. The average molecular weight is 468 g/mol. The first-order chi connectivity index (χ1) is 16.9. The summed E-state index contributed by atoms with van der Waals surface area (Å²) in [6.45, 7) is 16.4. The Morgan fingerprint density at radius 2 is 1.91 bits per heavy atom. The van der Waals surface area contributed by atoms with Crippen molar-refractivity contribution in [1.82, 2.24) is 4.90 Å². The molecule has 4 nitrogen and oxygen atoms in total. The monoisotopic (exact) mass is 467 g/mol. The van der Waals surface area contributed by atoms with Crippen molar-refractivity contribution in [1.29, 1.82) is 0 Å². The van der Waals surface area contributed by atoms with E-state index in [1.165, 1.54) is 0 Å². The van der Waals surface area contributed by atoms with E-state index in [0.29, 0.717) is 23.5 Å². The predicted molar refractivity (Wildman–Crippen MR) is 143 cm³/mol. The fourth-order valence-electron chi connectivity index (χ4n) is 4.93. The highest BCUT2D eigenvalue weighted by atomic mass is 16.6. The van der Waals surface area contributed by atoms with Crippen LogP contribution in [0.25, 0.3) is 10.8 Å². The van der Waals surface area contributed by atoms with Crippen LogP contribution in [0.4, 0.5) is 0 Å². The Hall–Kier alpha value is -3.63. The van der Waals surface area contributed by atoms with Crippen molar-refractivity contribution in [2.75, 3.05) is 13.1 Å². The van der Waals surface area contributed by atoms with Crippen molar-refractivity contribution in [3.8, 4) is 5.75 Å². The highest BCUT2D eigenvalue weighted by Gasteiger charge is 2.46. The molecule has 35 heavy (non-hydrogen) atoms. The topological polar surface area (TPSA) is 38.8 Å². The van der Waals surface area contributed by atoms with Gasteiger partial charge in [0.05, 0.1) is 11.1 Å². The van der Waals surface area contributed by atoms with Gasteiger partial charge in [-0.2, -0.15) is 0 Å². The summed E-state index contributed by atoms with van der Waals surface area (Å²) in [6, 6.07) is 12.3. The molecule has 4 heteroatoms. The van der Waals surface area contributed by atoms with Crippen LogP contribution in [0.2, 0.25) is 0 Å².